The van der Waals surface area contributed by atoms with Crippen molar-refractivity contribution in [3.8, 4) is 0 Å². The quantitative estimate of drug-likeness (QED) is 0.844. The van der Waals surface area contributed by atoms with Gasteiger partial charge in [-0.15, -0.1) is 0 Å². The third-order valence-electron chi connectivity index (χ3n) is 2.37. The molecule has 0 aliphatic heterocycles. The fraction of sp³-hybridized carbons (Fsp3) is 0. The van der Waals surface area contributed by atoms with Crippen molar-refractivity contribution in [3.05, 3.63) is 63.1 Å². The van der Waals surface area contributed by atoms with Crippen molar-refractivity contribution in [1.29, 1.82) is 0 Å². The zero-order chi connectivity index (χ0) is 14.0. The summed E-state index contributed by atoms with van der Waals surface area (Å²) in [6.07, 6.45) is 0. The lowest BCUT2D eigenvalue weighted by atomic mass is 10.2. The van der Waals surface area contributed by atoms with Crippen LogP contribution in [0.1, 0.15) is 10.4 Å². The van der Waals surface area contributed by atoms with Crippen LogP contribution in [0.5, 0.6) is 0 Å². The molecule has 0 saturated carbocycles. The van der Waals surface area contributed by atoms with Crippen molar-refractivity contribution in [2.75, 3.05) is 5.32 Å². The van der Waals surface area contributed by atoms with Crippen LogP contribution in [-0.4, -0.2) is 5.91 Å². The van der Waals surface area contributed by atoms with E-state index in [0.717, 1.165) is 6.07 Å². The van der Waals surface area contributed by atoms with Crippen LogP contribution >= 0.6 is 27.5 Å². The zero-order valence-corrected chi connectivity index (χ0v) is 11.7. The summed E-state index contributed by atoms with van der Waals surface area (Å²) in [5, 5.41) is 2.47. The average Bonchev–Trinajstić information content (AvgIpc) is 2.32. The number of carbonyl (C=O) groups is 1. The molecule has 19 heavy (non-hydrogen) atoms. The Balaban J connectivity index is 2.31. The fourth-order valence-corrected chi connectivity index (χ4v) is 2.19. The van der Waals surface area contributed by atoms with Crippen molar-refractivity contribution < 1.29 is 13.6 Å². The van der Waals surface area contributed by atoms with E-state index in [1.54, 1.807) is 0 Å². The summed E-state index contributed by atoms with van der Waals surface area (Å²) in [4.78, 5) is 11.9. The minimum absolute atomic E-state index is 0.00994. The lowest BCUT2D eigenvalue weighted by Crippen LogP contribution is -2.14. The summed E-state index contributed by atoms with van der Waals surface area (Å²) in [6.45, 7) is 0. The zero-order valence-electron chi connectivity index (χ0n) is 9.38. The first-order valence-corrected chi connectivity index (χ1v) is 6.36. The Kier molecular flexibility index (Phi) is 4.17. The predicted molar refractivity (Wildman–Crippen MR) is 73.5 cm³/mol. The third-order valence-corrected chi connectivity index (χ3v) is 3.34. The number of hydrogen-bond acceptors (Lipinski definition) is 1. The molecule has 0 heterocycles. The van der Waals surface area contributed by atoms with Gasteiger partial charge in [-0.2, -0.15) is 0 Å². The van der Waals surface area contributed by atoms with E-state index >= 15 is 0 Å². The molecule has 0 aromatic heterocycles. The maximum Gasteiger partial charge on any atom is 0.260 e. The minimum atomic E-state index is -0.719. The molecule has 2 nitrogen and oxygen atoms in total. The maximum absolute atomic E-state index is 13.6. The number of benzene rings is 2. The van der Waals surface area contributed by atoms with Crippen LogP contribution in [0.15, 0.2) is 40.9 Å². The average molecular weight is 347 g/mol. The predicted octanol–water partition coefficient (Wildman–Crippen LogP) is 4.63. The van der Waals surface area contributed by atoms with E-state index in [-0.39, 0.29) is 10.6 Å². The molecular formula is C13H7BrClF2NO. The molecule has 0 atom stereocenters. The maximum atomic E-state index is 13.6. The van der Waals surface area contributed by atoms with Crippen molar-refractivity contribution in [2.24, 2.45) is 0 Å². The van der Waals surface area contributed by atoms with E-state index in [1.165, 1.54) is 30.3 Å². The van der Waals surface area contributed by atoms with Gasteiger partial charge < -0.3 is 5.32 Å². The summed E-state index contributed by atoms with van der Waals surface area (Å²) in [7, 11) is 0. The number of amides is 1. The highest BCUT2D eigenvalue weighted by atomic mass is 79.9. The molecule has 0 bridgehead atoms. The van der Waals surface area contributed by atoms with Gasteiger partial charge in [-0.1, -0.05) is 17.7 Å². The molecule has 1 amide bonds. The van der Waals surface area contributed by atoms with Crippen LogP contribution in [0.3, 0.4) is 0 Å². The van der Waals surface area contributed by atoms with Crippen LogP contribution in [0, 0.1) is 11.6 Å². The summed E-state index contributed by atoms with van der Waals surface area (Å²) in [5.74, 6) is -1.87. The van der Waals surface area contributed by atoms with Gasteiger partial charge in [0.05, 0.1) is 16.3 Å². The van der Waals surface area contributed by atoms with Crippen LogP contribution in [0.25, 0.3) is 0 Å². The lowest BCUT2D eigenvalue weighted by Gasteiger charge is -2.09. The molecule has 0 spiro atoms. The number of anilines is 1. The molecule has 0 unspecified atom stereocenters. The summed E-state index contributed by atoms with van der Waals surface area (Å²) >= 11 is 8.89. The number of hydrogen-bond donors (Lipinski definition) is 1. The molecule has 2 aromatic rings. The fourth-order valence-electron chi connectivity index (χ4n) is 1.49. The third kappa shape index (κ3) is 3.11. The van der Waals surface area contributed by atoms with Crippen LogP contribution in [-0.2, 0) is 0 Å². The second-order valence-corrected chi connectivity index (χ2v) is 4.94. The molecule has 0 aliphatic rings. The van der Waals surface area contributed by atoms with Crippen LogP contribution < -0.4 is 5.32 Å². The topological polar surface area (TPSA) is 29.1 Å². The molecule has 98 valence electrons. The van der Waals surface area contributed by atoms with E-state index in [2.05, 4.69) is 21.2 Å². The van der Waals surface area contributed by atoms with E-state index < -0.39 is 17.5 Å². The van der Waals surface area contributed by atoms with E-state index in [4.69, 9.17) is 11.6 Å². The highest BCUT2D eigenvalue weighted by Crippen LogP contribution is 2.25. The summed E-state index contributed by atoms with van der Waals surface area (Å²) in [5.41, 5.74) is 0.0751. The van der Waals surface area contributed by atoms with Gasteiger partial charge in [0.15, 0.2) is 0 Å². The molecule has 6 heteroatoms. The van der Waals surface area contributed by atoms with Gasteiger partial charge in [-0.3, -0.25) is 4.79 Å². The van der Waals surface area contributed by atoms with Gasteiger partial charge in [-0.25, -0.2) is 8.78 Å². The Bertz CT molecular complexity index is 628. The largest absolute Gasteiger partial charge is 0.321 e. The molecule has 0 radical (unpaired) electrons. The smallest absolute Gasteiger partial charge is 0.260 e. The molecule has 2 aromatic carbocycles. The Morgan fingerprint density at radius 3 is 2.58 bits per heavy atom. The minimum Gasteiger partial charge on any atom is -0.321 e. The monoisotopic (exact) mass is 345 g/mol. The Morgan fingerprint density at radius 2 is 1.95 bits per heavy atom. The van der Waals surface area contributed by atoms with Crippen molar-refractivity contribution in [3.63, 3.8) is 0 Å². The number of halogens is 4. The molecule has 0 aliphatic carbocycles. The van der Waals surface area contributed by atoms with Crippen molar-refractivity contribution in [1.82, 2.24) is 0 Å². The first kappa shape index (κ1) is 14.0. The Hall–Kier alpha value is -1.46. The van der Waals surface area contributed by atoms with Gasteiger partial charge in [0.1, 0.15) is 11.6 Å². The molecule has 0 fully saturated rings. The van der Waals surface area contributed by atoms with Crippen LogP contribution in [0.2, 0.25) is 5.02 Å². The Morgan fingerprint density at radius 1 is 1.21 bits per heavy atom. The number of carbonyl (C=O) groups excluding carboxylic acids is 1. The van der Waals surface area contributed by atoms with Gasteiger partial charge in [-0.05, 0) is 46.3 Å². The van der Waals surface area contributed by atoms with E-state index in [1.807, 2.05) is 0 Å². The molecule has 0 saturated heterocycles. The number of nitrogens with one attached hydrogen (secondary N) is 1. The molecule has 1 N–H and O–H groups in total. The normalized spacial score (nSPS) is 10.3. The van der Waals surface area contributed by atoms with Crippen molar-refractivity contribution in [2.45, 2.75) is 0 Å². The second kappa shape index (κ2) is 5.67. The summed E-state index contributed by atoms with van der Waals surface area (Å²) in [6, 6.07) is 7.70. The molecule has 2 rings (SSSR count). The SMILES string of the molecule is O=C(Nc1ccc(F)cc1Br)c1c(F)cccc1Cl. The highest BCUT2D eigenvalue weighted by Gasteiger charge is 2.16. The lowest BCUT2D eigenvalue weighted by molar-refractivity contribution is 0.102. The first-order valence-electron chi connectivity index (χ1n) is 5.19. The molecular weight excluding hydrogens is 340 g/mol. The second-order valence-electron chi connectivity index (χ2n) is 3.67. The number of rotatable bonds is 2. The summed E-state index contributed by atoms with van der Waals surface area (Å²) < 4.78 is 26.8. The van der Waals surface area contributed by atoms with Gasteiger partial charge >= 0.3 is 0 Å². The van der Waals surface area contributed by atoms with Gasteiger partial charge in [0, 0.05) is 4.47 Å². The highest BCUT2D eigenvalue weighted by molar-refractivity contribution is 9.10. The van der Waals surface area contributed by atoms with E-state index in [9.17, 15) is 13.6 Å². The van der Waals surface area contributed by atoms with E-state index in [0.29, 0.717) is 10.2 Å². The van der Waals surface area contributed by atoms with Crippen molar-refractivity contribution >= 4 is 39.1 Å². The Labute approximate surface area is 121 Å². The van der Waals surface area contributed by atoms with Gasteiger partial charge in [0.25, 0.3) is 5.91 Å². The van der Waals surface area contributed by atoms with Gasteiger partial charge in [0.2, 0.25) is 0 Å². The standard InChI is InChI=1S/C13H7BrClF2NO/c14-8-6-7(16)4-5-11(8)18-13(19)12-9(15)2-1-3-10(12)17/h1-6H,(H,18,19). The van der Waals surface area contributed by atoms with Crippen LogP contribution in [0.4, 0.5) is 14.5 Å². The first-order chi connectivity index (χ1) is 8.99.